The number of rotatable bonds is 8. The summed E-state index contributed by atoms with van der Waals surface area (Å²) >= 11 is 0. The predicted molar refractivity (Wildman–Crippen MR) is 129 cm³/mol. The minimum absolute atomic E-state index is 0.152. The molecule has 1 N–H and O–H groups in total. The first-order valence-corrected chi connectivity index (χ1v) is 12.2. The molecule has 0 aliphatic rings. The van der Waals surface area contributed by atoms with Crippen LogP contribution in [0.15, 0.2) is 77.7 Å². The van der Waals surface area contributed by atoms with E-state index in [2.05, 4.69) is 5.32 Å². The highest BCUT2D eigenvalue weighted by atomic mass is 32.2. The molecular weight excluding hydrogens is 420 g/mol. The van der Waals surface area contributed by atoms with Crippen molar-refractivity contribution < 1.29 is 13.2 Å². The van der Waals surface area contributed by atoms with Crippen LogP contribution in [0.2, 0.25) is 0 Å². The quantitative estimate of drug-likeness (QED) is 0.521. The van der Waals surface area contributed by atoms with E-state index >= 15 is 0 Å². The van der Waals surface area contributed by atoms with Crippen LogP contribution in [-0.4, -0.2) is 20.9 Å². The fourth-order valence-corrected chi connectivity index (χ4v) is 5.10. The molecular formula is C26H30N2O3S. The molecule has 0 spiro atoms. The maximum absolute atomic E-state index is 13.5. The van der Waals surface area contributed by atoms with Gasteiger partial charge >= 0.3 is 0 Å². The maximum atomic E-state index is 13.5. The molecule has 0 aliphatic carbocycles. The molecule has 1 unspecified atom stereocenters. The zero-order valence-corrected chi connectivity index (χ0v) is 19.8. The summed E-state index contributed by atoms with van der Waals surface area (Å²) < 4.78 is 28.3. The SMILES string of the molecule is CCC(NC(=O)CN(c1cc(C)ccc1C)S(=O)(=O)c1ccccc1)c1ccc(C)cc1. The van der Waals surface area contributed by atoms with Gasteiger partial charge in [-0.25, -0.2) is 8.42 Å². The lowest BCUT2D eigenvalue weighted by Gasteiger charge is -2.27. The Bertz CT molecular complexity index is 1170. The van der Waals surface area contributed by atoms with Gasteiger partial charge in [0, 0.05) is 0 Å². The number of carbonyl (C=O) groups is 1. The van der Waals surface area contributed by atoms with Crippen LogP contribution in [0.3, 0.4) is 0 Å². The van der Waals surface area contributed by atoms with Crippen LogP contribution in [0.25, 0.3) is 0 Å². The van der Waals surface area contributed by atoms with Gasteiger partial charge in [-0.1, -0.05) is 67.1 Å². The summed E-state index contributed by atoms with van der Waals surface area (Å²) in [6.45, 7) is 7.46. The van der Waals surface area contributed by atoms with Crippen LogP contribution in [0.1, 0.15) is 41.6 Å². The Labute approximate surface area is 191 Å². The molecule has 0 aromatic heterocycles. The Morgan fingerprint density at radius 1 is 0.906 bits per heavy atom. The highest BCUT2D eigenvalue weighted by Crippen LogP contribution is 2.28. The van der Waals surface area contributed by atoms with Gasteiger partial charge in [0.05, 0.1) is 16.6 Å². The zero-order valence-electron chi connectivity index (χ0n) is 19.0. The minimum atomic E-state index is -3.93. The molecule has 1 amide bonds. The van der Waals surface area contributed by atoms with Gasteiger partial charge in [0.15, 0.2) is 0 Å². The summed E-state index contributed by atoms with van der Waals surface area (Å²) in [4.78, 5) is 13.2. The Balaban J connectivity index is 1.94. The lowest BCUT2D eigenvalue weighted by molar-refractivity contribution is -0.120. The monoisotopic (exact) mass is 450 g/mol. The van der Waals surface area contributed by atoms with Gasteiger partial charge in [-0.3, -0.25) is 9.10 Å². The Morgan fingerprint density at radius 3 is 2.16 bits per heavy atom. The molecule has 0 heterocycles. The van der Waals surface area contributed by atoms with E-state index in [-0.39, 0.29) is 23.4 Å². The van der Waals surface area contributed by atoms with Gasteiger partial charge in [0.2, 0.25) is 5.91 Å². The summed E-state index contributed by atoms with van der Waals surface area (Å²) in [7, 11) is -3.93. The number of sulfonamides is 1. The topological polar surface area (TPSA) is 66.5 Å². The largest absolute Gasteiger partial charge is 0.348 e. The summed E-state index contributed by atoms with van der Waals surface area (Å²) in [5, 5.41) is 3.02. The van der Waals surface area contributed by atoms with Crippen molar-refractivity contribution in [3.63, 3.8) is 0 Å². The van der Waals surface area contributed by atoms with Gasteiger partial charge in [-0.15, -0.1) is 0 Å². The van der Waals surface area contributed by atoms with Crippen LogP contribution < -0.4 is 9.62 Å². The standard InChI is InChI=1S/C26H30N2O3S/c1-5-24(22-15-12-19(2)13-16-22)27-26(29)18-28(25-17-20(3)11-14-21(25)4)32(30,31)23-9-7-6-8-10-23/h6-17,24H,5,18H2,1-4H3,(H,27,29). The zero-order chi connectivity index (χ0) is 23.3. The maximum Gasteiger partial charge on any atom is 0.264 e. The molecule has 0 fully saturated rings. The summed E-state index contributed by atoms with van der Waals surface area (Å²) in [5.74, 6) is -0.349. The van der Waals surface area contributed by atoms with Gasteiger partial charge in [-0.05, 0) is 62.1 Å². The molecule has 32 heavy (non-hydrogen) atoms. The van der Waals surface area contributed by atoms with E-state index in [1.54, 1.807) is 36.4 Å². The molecule has 168 valence electrons. The van der Waals surface area contributed by atoms with Crippen LogP contribution in [0, 0.1) is 20.8 Å². The van der Waals surface area contributed by atoms with E-state index in [4.69, 9.17) is 0 Å². The molecule has 0 aliphatic heterocycles. The fourth-order valence-electron chi connectivity index (χ4n) is 3.60. The lowest BCUT2D eigenvalue weighted by atomic mass is 10.0. The number of anilines is 1. The van der Waals surface area contributed by atoms with Crippen LogP contribution >= 0.6 is 0 Å². The molecule has 1 atom stereocenters. The highest BCUT2D eigenvalue weighted by molar-refractivity contribution is 7.92. The van der Waals surface area contributed by atoms with Crippen molar-refractivity contribution in [3.05, 3.63) is 95.1 Å². The van der Waals surface area contributed by atoms with Crippen LogP contribution in [0.5, 0.6) is 0 Å². The van der Waals surface area contributed by atoms with E-state index in [0.29, 0.717) is 12.1 Å². The number of hydrogen-bond acceptors (Lipinski definition) is 3. The molecule has 3 aromatic rings. The summed E-state index contributed by atoms with van der Waals surface area (Å²) in [6.07, 6.45) is 0.698. The third kappa shape index (κ3) is 5.37. The van der Waals surface area contributed by atoms with Crippen molar-refractivity contribution in [2.24, 2.45) is 0 Å². The van der Waals surface area contributed by atoms with Crippen molar-refractivity contribution in [3.8, 4) is 0 Å². The molecule has 3 rings (SSSR count). The molecule has 0 saturated carbocycles. The Hall–Kier alpha value is -3.12. The third-order valence-corrected chi connectivity index (χ3v) is 7.25. The average Bonchev–Trinajstić information content (AvgIpc) is 2.79. The lowest BCUT2D eigenvalue weighted by Crippen LogP contribution is -2.42. The first-order valence-electron chi connectivity index (χ1n) is 10.7. The number of aryl methyl sites for hydroxylation is 3. The number of nitrogens with one attached hydrogen (secondary N) is 1. The van der Waals surface area contributed by atoms with E-state index in [9.17, 15) is 13.2 Å². The Morgan fingerprint density at radius 2 is 1.53 bits per heavy atom. The second-order valence-corrected chi connectivity index (χ2v) is 9.92. The first kappa shape index (κ1) is 23.5. The van der Waals surface area contributed by atoms with Gasteiger partial charge in [-0.2, -0.15) is 0 Å². The molecule has 6 heteroatoms. The van der Waals surface area contributed by atoms with Crippen LogP contribution in [0.4, 0.5) is 5.69 Å². The number of carbonyl (C=O) groups excluding carboxylic acids is 1. The number of benzene rings is 3. The average molecular weight is 451 g/mol. The van der Waals surface area contributed by atoms with Crippen molar-refractivity contribution in [2.75, 3.05) is 10.8 Å². The smallest absolute Gasteiger partial charge is 0.264 e. The fraction of sp³-hybridized carbons (Fsp3) is 0.269. The molecule has 0 radical (unpaired) electrons. The molecule has 0 saturated heterocycles. The third-order valence-electron chi connectivity index (χ3n) is 5.47. The second-order valence-electron chi connectivity index (χ2n) is 8.05. The number of hydrogen-bond donors (Lipinski definition) is 1. The minimum Gasteiger partial charge on any atom is -0.348 e. The summed E-state index contributed by atoms with van der Waals surface area (Å²) in [6, 6.07) is 21.6. The van der Waals surface area contributed by atoms with Crippen molar-refractivity contribution in [2.45, 2.75) is 45.1 Å². The molecule has 3 aromatic carbocycles. The number of amides is 1. The van der Waals surface area contributed by atoms with E-state index in [1.165, 1.54) is 4.31 Å². The molecule has 5 nitrogen and oxygen atoms in total. The van der Waals surface area contributed by atoms with Crippen LogP contribution in [-0.2, 0) is 14.8 Å². The van der Waals surface area contributed by atoms with Gasteiger partial charge in [0.25, 0.3) is 10.0 Å². The van der Waals surface area contributed by atoms with E-state index in [0.717, 1.165) is 22.3 Å². The second kappa shape index (κ2) is 10.0. The van der Waals surface area contributed by atoms with Gasteiger partial charge in [0.1, 0.15) is 6.54 Å². The van der Waals surface area contributed by atoms with Crippen molar-refractivity contribution >= 4 is 21.6 Å². The molecule has 0 bridgehead atoms. The van der Waals surface area contributed by atoms with E-state index < -0.39 is 10.0 Å². The number of nitrogens with zero attached hydrogens (tertiary/aromatic N) is 1. The van der Waals surface area contributed by atoms with E-state index in [1.807, 2.05) is 64.1 Å². The highest BCUT2D eigenvalue weighted by Gasteiger charge is 2.29. The first-order chi connectivity index (χ1) is 15.2. The Kier molecular flexibility index (Phi) is 7.36. The normalized spacial score (nSPS) is 12.2. The van der Waals surface area contributed by atoms with Crippen molar-refractivity contribution in [1.29, 1.82) is 0 Å². The summed E-state index contributed by atoms with van der Waals surface area (Å²) in [5.41, 5.74) is 4.35. The van der Waals surface area contributed by atoms with Gasteiger partial charge < -0.3 is 5.32 Å². The van der Waals surface area contributed by atoms with Crippen molar-refractivity contribution in [1.82, 2.24) is 5.32 Å². The predicted octanol–water partition coefficient (Wildman–Crippen LogP) is 5.07.